The molecule has 2 radical (unpaired) electrons. The number of rotatable bonds is 4. The van der Waals surface area contributed by atoms with Crippen LogP contribution in [0.3, 0.4) is 0 Å². The molecule has 2 atom stereocenters. The summed E-state index contributed by atoms with van der Waals surface area (Å²) in [5, 5.41) is 18.1. The second-order valence-corrected chi connectivity index (χ2v) is 10.2. The summed E-state index contributed by atoms with van der Waals surface area (Å²) < 4.78 is 16.8. The lowest BCUT2D eigenvalue weighted by molar-refractivity contribution is -0.137. The van der Waals surface area contributed by atoms with E-state index >= 15 is 4.39 Å². The molecule has 4 bridgehead atoms. The first-order chi connectivity index (χ1) is 14.2. The number of carbonyl (C=O) groups is 1. The third-order valence-corrected chi connectivity index (χ3v) is 8.10. The van der Waals surface area contributed by atoms with E-state index < -0.39 is 17.3 Å². The highest BCUT2D eigenvalue weighted by molar-refractivity contribution is 6.04. The summed E-state index contributed by atoms with van der Waals surface area (Å²) in [7, 11) is 9.38. The maximum Gasteiger partial charge on any atom is 0.275 e. The van der Waals surface area contributed by atoms with Crippen molar-refractivity contribution in [3.63, 3.8) is 0 Å². The number of piperidine rings is 1. The third-order valence-electron chi connectivity index (χ3n) is 8.10. The van der Waals surface area contributed by atoms with Gasteiger partial charge in [0.15, 0.2) is 25.3 Å². The summed E-state index contributed by atoms with van der Waals surface area (Å²) >= 11 is 0. The molecule has 5 aliphatic rings. The molecule has 2 unspecified atom stereocenters. The second kappa shape index (κ2) is 7.23. The summed E-state index contributed by atoms with van der Waals surface area (Å²) in [6.45, 7) is 1.53. The van der Waals surface area contributed by atoms with E-state index in [-0.39, 0.29) is 29.6 Å². The van der Waals surface area contributed by atoms with Crippen LogP contribution in [-0.4, -0.2) is 71.4 Å². The van der Waals surface area contributed by atoms with Crippen molar-refractivity contribution in [2.24, 2.45) is 24.8 Å². The van der Waals surface area contributed by atoms with Gasteiger partial charge in [-0.3, -0.25) is 4.79 Å². The number of aliphatic hydroxyl groups is 1. The van der Waals surface area contributed by atoms with Crippen molar-refractivity contribution >= 4 is 19.7 Å². The van der Waals surface area contributed by atoms with Gasteiger partial charge in [0.1, 0.15) is 0 Å². The smallest absolute Gasteiger partial charge is 0.275 e. The van der Waals surface area contributed by atoms with Crippen LogP contribution >= 0.6 is 0 Å². The van der Waals surface area contributed by atoms with Gasteiger partial charge in [-0.1, -0.05) is 0 Å². The van der Waals surface area contributed by atoms with Crippen LogP contribution < -0.4 is 10.2 Å². The van der Waals surface area contributed by atoms with E-state index in [1.54, 1.807) is 11.9 Å². The normalized spacial score (nSPS) is 36.3. The van der Waals surface area contributed by atoms with E-state index in [1.165, 1.54) is 4.68 Å². The molecule has 30 heavy (non-hydrogen) atoms. The van der Waals surface area contributed by atoms with Crippen LogP contribution in [0.5, 0.6) is 0 Å². The summed E-state index contributed by atoms with van der Waals surface area (Å²) in [4.78, 5) is 16.7. The number of halogens is 1. The lowest BCUT2D eigenvalue weighted by Gasteiger charge is -2.58. The summed E-state index contributed by atoms with van der Waals surface area (Å²) in [5.74, 6) is 0.461. The monoisotopic (exact) mass is 415 g/mol. The van der Waals surface area contributed by atoms with Crippen LogP contribution in [0.4, 0.5) is 10.2 Å². The zero-order valence-electron chi connectivity index (χ0n) is 17.9. The molecule has 1 aromatic rings. The van der Waals surface area contributed by atoms with E-state index in [4.69, 9.17) is 7.98 Å². The standard InChI is InChI=1S/C21H31BFN5O2/c1-26(15-3-5-28(22)6-4-15)20-16(23)18(25-27(20)2)19(29)24-17-13-7-12-8-14(17)11-21(30,9-12)10-13/h12-15,17,30H,3-11H2,1-2H3,(H,24,29). The molecule has 6 rings (SSSR count). The maximum absolute atomic E-state index is 15.3. The number of aromatic nitrogens is 2. The Bertz CT molecular complexity index is 824. The first kappa shape index (κ1) is 20.3. The first-order valence-electron chi connectivity index (χ1n) is 11.2. The number of nitrogens with zero attached hydrogens (tertiary/aromatic N) is 4. The highest BCUT2D eigenvalue weighted by Crippen LogP contribution is 2.55. The molecular formula is C21H31BFN5O2. The largest absolute Gasteiger partial charge is 0.390 e. The van der Waals surface area contributed by atoms with Gasteiger partial charge in [-0.2, -0.15) is 5.10 Å². The lowest BCUT2D eigenvalue weighted by atomic mass is 9.52. The average Bonchev–Trinajstić information content (AvgIpc) is 2.97. The quantitative estimate of drug-likeness (QED) is 0.724. The first-order valence-corrected chi connectivity index (χ1v) is 11.2. The van der Waals surface area contributed by atoms with Crippen molar-refractivity contribution in [1.82, 2.24) is 19.9 Å². The molecule has 1 aromatic heterocycles. The predicted molar refractivity (Wildman–Crippen MR) is 112 cm³/mol. The summed E-state index contributed by atoms with van der Waals surface area (Å²) in [6, 6.07) is 0.168. The number of nitrogens with one attached hydrogen (secondary N) is 1. The summed E-state index contributed by atoms with van der Waals surface area (Å²) in [5.41, 5.74) is -0.689. The van der Waals surface area contributed by atoms with E-state index in [2.05, 4.69) is 10.4 Å². The molecule has 0 aromatic carbocycles. The van der Waals surface area contributed by atoms with Crippen molar-refractivity contribution in [3.05, 3.63) is 11.5 Å². The van der Waals surface area contributed by atoms with Crippen molar-refractivity contribution in [1.29, 1.82) is 0 Å². The van der Waals surface area contributed by atoms with Gasteiger partial charge in [-0.25, -0.2) is 9.07 Å². The number of anilines is 1. The minimum absolute atomic E-state index is 0.00536. The van der Waals surface area contributed by atoms with Crippen LogP contribution in [0.15, 0.2) is 0 Å². The molecule has 162 valence electrons. The van der Waals surface area contributed by atoms with E-state index in [9.17, 15) is 9.90 Å². The fourth-order valence-electron chi connectivity index (χ4n) is 6.90. The molecule has 9 heteroatoms. The average molecular weight is 415 g/mol. The van der Waals surface area contributed by atoms with Gasteiger partial charge in [-0.15, -0.1) is 0 Å². The Morgan fingerprint density at radius 2 is 1.90 bits per heavy atom. The highest BCUT2D eigenvalue weighted by Gasteiger charge is 2.55. The SMILES string of the molecule is [B]N1CCC(N(C)c2c(F)c(C(=O)NC3C4CC5CC3CC(O)(C5)C4)nn2C)CC1. The van der Waals surface area contributed by atoms with E-state index in [0.29, 0.717) is 11.7 Å². The third kappa shape index (κ3) is 3.34. The summed E-state index contributed by atoms with van der Waals surface area (Å²) in [6.07, 6.45) is 6.15. The van der Waals surface area contributed by atoms with Gasteiger partial charge < -0.3 is 20.1 Å². The molecule has 5 fully saturated rings. The van der Waals surface area contributed by atoms with Crippen LogP contribution in [0, 0.1) is 23.6 Å². The number of carbonyl (C=O) groups excluding carboxylic acids is 1. The highest BCUT2D eigenvalue weighted by atomic mass is 19.1. The predicted octanol–water partition coefficient (Wildman–Crippen LogP) is 1.21. The molecule has 0 spiro atoms. The molecule has 4 aliphatic carbocycles. The van der Waals surface area contributed by atoms with Crippen molar-refractivity contribution in [2.75, 3.05) is 25.0 Å². The molecule has 1 aliphatic heterocycles. The zero-order valence-corrected chi connectivity index (χ0v) is 17.9. The lowest BCUT2D eigenvalue weighted by Crippen LogP contribution is -2.61. The number of hydrogen-bond donors (Lipinski definition) is 2. The minimum Gasteiger partial charge on any atom is -0.390 e. The van der Waals surface area contributed by atoms with Crippen LogP contribution in [0.1, 0.15) is 55.4 Å². The fourth-order valence-corrected chi connectivity index (χ4v) is 6.90. The van der Waals surface area contributed by atoms with Gasteiger partial charge in [0.05, 0.1) is 5.60 Å². The van der Waals surface area contributed by atoms with E-state index in [1.807, 2.05) is 11.9 Å². The Morgan fingerprint density at radius 1 is 1.27 bits per heavy atom. The Kier molecular flexibility index (Phi) is 4.89. The van der Waals surface area contributed by atoms with E-state index in [0.717, 1.165) is 58.0 Å². The molecular weight excluding hydrogens is 384 g/mol. The van der Waals surface area contributed by atoms with Crippen molar-refractivity contribution in [3.8, 4) is 0 Å². The van der Waals surface area contributed by atoms with Crippen molar-refractivity contribution in [2.45, 2.75) is 62.6 Å². The van der Waals surface area contributed by atoms with Crippen LogP contribution in [-0.2, 0) is 7.05 Å². The molecule has 1 saturated heterocycles. The topological polar surface area (TPSA) is 73.6 Å². The van der Waals surface area contributed by atoms with Crippen molar-refractivity contribution < 1.29 is 14.3 Å². The van der Waals surface area contributed by atoms with Crippen LogP contribution in [0.25, 0.3) is 0 Å². The number of aryl methyl sites for hydroxylation is 1. The molecule has 4 saturated carbocycles. The Morgan fingerprint density at radius 3 is 2.50 bits per heavy atom. The van der Waals surface area contributed by atoms with Crippen LogP contribution in [0.2, 0.25) is 0 Å². The van der Waals surface area contributed by atoms with Gasteiger partial charge >= 0.3 is 0 Å². The number of hydrogen-bond acceptors (Lipinski definition) is 5. The Labute approximate surface area is 178 Å². The Balaban J connectivity index is 1.32. The molecule has 2 heterocycles. The maximum atomic E-state index is 15.3. The molecule has 7 nitrogen and oxygen atoms in total. The zero-order chi connectivity index (χ0) is 21.2. The van der Waals surface area contributed by atoms with Gasteiger partial charge in [0.25, 0.3) is 5.91 Å². The van der Waals surface area contributed by atoms with Gasteiger partial charge in [-0.05, 0) is 75.8 Å². The van der Waals surface area contributed by atoms with Gasteiger partial charge in [0.2, 0.25) is 0 Å². The molecule has 2 N–H and O–H groups in total. The second-order valence-electron chi connectivity index (χ2n) is 10.2. The minimum atomic E-state index is -0.560. The van der Waals surface area contributed by atoms with Gasteiger partial charge in [0, 0.05) is 26.2 Å². The Hall–Kier alpha value is -1.61. The number of amides is 1. The fraction of sp³-hybridized carbons (Fsp3) is 0.810. The molecule has 1 amide bonds.